The fourth-order valence-corrected chi connectivity index (χ4v) is 1.33. The van der Waals surface area contributed by atoms with Crippen molar-refractivity contribution in [1.29, 1.82) is 5.26 Å². The molecule has 0 aliphatic heterocycles. The minimum atomic E-state index is -0.392. The van der Waals surface area contributed by atoms with Gasteiger partial charge in [0.05, 0.1) is 6.07 Å². The summed E-state index contributed by atoms with van der Waals surface area (Å²) >= 11 is 0. The third kappa shape index (κ3) is 6.89. The lowest BCUT2D eigenvalue weighted by atomic mass is 10.2. The topological polar surface area (TPSA) is 59.3 Å². The predicted molar refractivity (Wildman–Crippen MR) is 70.9 cm³/mol. The van der Waals surface area contributed by atoms with E-state index in [9.17, 15) is 4.79 Å². The van der Waals surface area contributed by atoms with Gasteiger partial charge in [-0.2, -0.15) is 5.26 Å². The predicted octanol–water partition coefficient (Wildman–Crippen LogP) is 3.02. The molecule has 0 amide bonds. The highest BCUT2D eigenvalue weighted by atomic mass is 16.6. The van der Waals surface area contributed by atoms with Gasteiger partial charge in [0.15, 0.2) is 0 Å². The van der Waals surface area contributed by atoms with Crippen molar-refractivity contribution >= 4 is 5.97 Å². The number of allylic oxidation sites excluding steroid dienone is 1. The third-order valence-electron chi connectivity index (χ3n) is 2.13. The number of carbonyl (C=O) groups excluding carboxylic acids is 1. The number of rotatable bonds is 7. The number of nitrogens with zero attached hydrogens (tertiary/aromatic N) is 1. The lowest BCUT2D eigenvalue weighted by molar-refractivity contribution is -0.139. The fraction of sp³-hybridized carbons (Fsp3) is 0.267. The highest BCUT2D eigenvalue weighted by Gasteiger charge is 2.11. The van der Waals surface area contributed by atoms with Crippen molar-refractivity contribution in [2.75, 3.05) is 6.61 Å². The van der Waals surface area contributed by atoms with Crippen molar-refractivity contribution in [1.82, 2.24) is 0 Å². The number of carbonyl (C=O) groups is 1. The van der Waals surface area contributed by atoms with Gasteiger partial charge >= 0.3 is 5.97 Å². The number of hydrogen-bond acceptors (Lipinski definition) is 4. The van der Waals surface area contributed by atoms with Crippen LogP contribution in [0.25, 0.3) is 0 Å². The van der Waals surface area contributed by atoms with Gasteiger partial charge in [0, 0.05) is 13.3 Å². The molecule has 0 fully saturated rings. The molecule has 4 nitrogen and oxygen atoms in total. The molecule has 0 aliphatic carbocycles. The number of esters is 1. The summed E-state index contributed by atoms with van der Waals surface area (Å²) in [5.74, 6) is 0.314. The second kappa shape index (κ2) is 8.76. The van der Waals surface area contributed by atoms with E-state index >= 15 is 0 Å². The zero-order chi connectivity index (χ0) is 13.9. The van der Waals surface area contributed by atoms with Gasteiger partial charge in [-0.15, -0.1) is 0 Å². The Labute approximate surface area is 113 Å². The maximum atomic E-state index is 11.0. The largest absolute Gasteiger partial charge is 0.489 e. The SMILES string of the molecule is CC(=O)O[C](C=CCCC#N)COc1ccccc1. The Bertz CT molecular complexity index is 448. The van der Waals surface area contributed by atoms with Crippen LogP contribution in [0.15, 0.2) is 42.5 Å². The van der Waals surface area contributed by atoms with E-state index in [0.717, 1.165) is 0 Å². The van der Waals surface area contributed by atoms with E-state index in [-0.39, 0.29) is 6.61 Å². The first-order chi connectivity index (χ1) is 9.22. The first-order valence-electron chi connectivity index (χ1n) is 5.98. The Morgan fingerprint density at radius 1 is 1.37 bits per heavy atom. The molecule has 1 radical (unpaired) electrons. The average Bonchev–Trinajstić information content (AvgIpc) is 2.41. The molecule has 0 atom stereocenters. The van der Waals surface area contributed by atoms with Crippen LogP contribution in [0.3, 0.4) is 0 Å². The summed E-state index contributed by atoms with van der Waals surface area (Å²) < 4.78 is 10.5. The van der Waals surface area contributed by atoms with Gasteiger partial charge in [-0.3, -0.25) is 4.79 Å². The fourth-order valence-electron chi connectivity index (χ4n) is 1.33. The molecule has 0 saturated carbocycles. The van der Waals surface area contributed by atoms with Gasteiger partial charge in [-0.1, -0.05) is 24.3 Å². The summed E-state index contributed by atoms with van der Waals surface area (Å²) in [6.07, 6.45) is 4.93. The quantitative estimate of drug-likeness (QED) is 0.557. The Kier molecular flexibility index (Phi) is 6.81. The summed E-state index contributed by atoms with van der Waals surface area (Å²) in [7, 11) is 0. The summed E-state index contributed by atoms with van der Waals surface area (Å²) in [6, 6.07) is 11.3. The van der Waals surface area contributed by atoms with Crippen LogP contribution in [-0.2, 0) is 9.53 Å². The van der Waals surface area contributed by atoms with Crippen LogP contribution in [0.1, 0.15) is 19.8 Å². The Hall–Kier alpha value is -2.28. The maximum Gasteiger partial charge on any atom is 0.303 e. The van der Waals surface area contributed by atoms with Gasteiger partial charge in [-0.25, -0.2) is 0 Å². The van der Waals surface area contributed by atoms with Crippen LogP contribution in [0, 0.1) is 17.4 Å². The zero-order valence-corrected chi connectivity index (χ0v) is 10.8. The smallest absolute Gasteiger partial charge is 0.303 e. The molecule has 1 aromatic rings. The van der Waals surface area contributed by atoms with Gasteiger partial charge in [0.2, 0.25) is 6.10 Å². The van der Waals surface area contributed by atoms with Crippen LogP contribution in [0.4, 0.5) is 0 Å². The molecule has 0 spiro atoms. The van der Waals surface area contributed by atoms with Crippen LogP contribution in [0.2, 0.25) is 0 Å². The first kappa shape index (κ1) is 14.8. The molecule has 0 aromatic heterocycles. The van der Waals surface area contributed by atoms with Crippen molar-refractivity contribution in [2.24, 2.45) is 0 Å². The molecule has 0 saturated heterocycles. The van der Waals surface area contributed by atoms with Gasteiger partial charge in [0.1, 0.15) is 12.4 Å². The van der Waals surface area contributed by atoms with E-state index in [2.05, 4.69) is 0 Å². The number of benzene rings is 1. The summed E-state index contributed by atoms with van der Waals surface area (Å²) in [5.41, 5.74) is 0. The number of hydrogen-bond donors (Lipinski definition) is 0. The lowest BCUT2D eigenvalue weighted by Gasteiger charge is -2.12. The van der Waals surface area contributed by atoms with Crippen LogP contribution < -0.4 is 4.74 Å². The number of nitriles is 1. The molecule has 0 aliphatic rings. The molecular weight excluding hydrogens is 242 g/mol. The van der Waals surface area contributed by atoms with E-state index < -0.39 is 5.97 Å². The lowest BCUT2D eigenvalue weighted by Crippen LogP contribution is -2.14. The molecule has 0 bridgehead atoms. The Morgan fingerprint density at radius 2 is 2.11 bits per heavy atom. The molecule has 1 rings (SSSR count). The van der Waals surface area contributed by atoms with Gasteiger partial charge < -0.3 is 9.47 Å². The van der Waals surface area contributed by atoms with Crippen molar-refractivity contribution in [2.45, 2.75) is 19.8 Å². The van der Waals surface area contributed by atoms with Gasteiger partial charge in [0.25, 0.3) is 0 Å². The molecule has 0 unspecified atom stereocenters. The molecule has 99 valence electrons. The minimum Gasteiger partial charge on any atom is -0.489 e. The molecule has 1 aromatic carbocycles. The molecule has 4 heteroatoms. The molecule has 0 heterocycles. The molecular formula is C15H16NO3. The van der Waals surface area contributed by atoms with E-state index in [4.69, 9.17) is 14.7 Å². The van der Waals surface area contributed by atoms with Crippen LogP contribution in [0.5, 0.6) is 5.75 Å². The Morgan fingerprint density at radius 3 is 2.74 bits per heavy atom. The third-order valence-corrected chi connectivity index (χ3v) is 2.13. The average molecular weight is 258 g/mol. The Balaban J connectivity index is 2.47. The molecule has 0 N–H and O–H groups in total. The van der Waals surface area contributed by atoms with Crippen LogP contribution >= 0.6 is 0 Å². The number of ether oxygens (including phenoxy) is 2. The van der Waals surface area contributed by atoms with E-state index in [1.165, 1.54) is 6.92 Å². The standard InChI is InChI=1S/C15H16NO3/c1-13(17)19-15(10-6-3-7-11-16)12-18-14-8-4-2-5-9-14/h2,4-6,8-10H,3,7,12H2,1H3. The molecule has 19 heavy (non-hydrogen) atoms. The highest BCUT2D eigenvalue weighted by molar-refractivity contribution is 5.67. The van der Waals surface area contributed by atoms with Gasteiger partial charge in [-0.05, 0) is 24.6 Å². The van der Waals surface area contributed by atoms with E-state index in [0.29, 0.717) is 24.7 Å². The second-order valence-electron chi connectivity index (χ2n) is 3.76. The zero-order valence-electron chi connectivity index (χ0n) is 10.8. The minimum absolute atomic E-state index is 0.173. The summed E-state index contributed by atoms with van der Waals surface area (Å²) in [4.78, 5) is 11.0. The second-order valence-corrected chi connectivity index (χ2v) is 3.76. The normalized spacial score (nSPS) is 10.4. The van der Waals surface area contributed by atoms with Crippen molar-refractivity contribution in [3.05, 3.63) is 48.6 Å². The van der Waals surface area contributed by atoms with Crippen LogP contribution in [-0.4, -0.2) is 12.6 Å². The van der Waals surface area contributed by atoms with E-state index in [1.54, 1.807) is 12.2 Å². The van der Waals surface area contributed by atoms with Crippen molar-refractivity contribution in [3.8, 4) is 11.8 Å². The number of para-hydroxylation sites is 1. The highest BCUT2D eigenvalue weighted by Crippen LogP contribution is 2.13. The monoisotopic (exact) mass is 258 g/mol. The van der Waals surface area contributed by atoms with Crippen molar-refractivity contribution in [3.63, 3.8) is 0 Å². The summed E-state index contributed by atoms with van der Waals surface area (Å²) in [5, 5.41) is 8.43. The van der Waals surface area contributed by atoms with E-state index in [1.807, 2.05) is 36.4 Å². The number of unbranched alkanes of at least 4 members (excludes halogenated alkanes) is 1. The van der Waals surface area contributed by atoms with Crippen molar-refractivity contribution < 1.29 is 14.3 Å². The first-order valence-corrected chi connectivity index (χ1v) is 5.98. The maximum absolute atomic E-state index is 11.0. The summed E-state index contributed by atoms with van der Waals surface area (Å²) in [6.45, 7) is 1.51.